The van der Waals surface area contributed by atoms with E-state index < -0.39 is 0 Å². The number of imidazole rings is 1. The van der Waals surface area contributed by atoms with Crippen LogP contribution in [0.25, 0.3) is 61.6 Å². The van der Waals surface area contributed by atoms with Crippen LogP contribution in [-0.4, -0.2) is 19.6 Å². The van der Waals surface area contributed by atoms with Crippen LogP contribution in [0, 0.1) is 6.07 Å². The number of benzene rings is 6. The largest absolute Gasteiger partial charge is 0.507 e. The summed E-state index contributed by atoms with van der Waals surface area (Å²) in [6.45, 7) is 24.4. The van der Waals surface area contributed by atoms with Crippen molar-refractivity contribution in [2.75, 3.05) is 0 Å². The van der Waals surface area contributed by atoms with Gasteiger partial charge in [0.25, 0.3) is 0 Å². The molecule has 62 heavy (non-hydrogen) atoms. The van der Waals surface area contributed by atoms with E-state index in [1.54, 1.807) is 0 Å². The fourth-order valence-corrected chi connectivity index (χ4v) is 8.29. The predicted molar refractivity (Wildman–Crippen MR) is 256 cm³/mol. The Morgan fingerprint density at radius 2 is 1.11 bits per heavy atom. The molecule has 4 nitrogen and oxygen atoms in total. The number of fused-ring (bicyclic) bond motifs is 1. The minimum Gasteiger partial charge on any atom is -0.507 e. The van der Waals surface area contributed by atoms with Crippen molar-refractivity contribution in [1.29, 1.82) is 0 Å². The molecule has 0 atom stereocenters. The van der Waals surface area contributed by atoms with Crippen LogP contribution in [0.1, 0.15) is 104 Å². The van der Waals surface area contributed by atoms with Gasteiger partial charge >= 0.3 is 0 Å². The quantitative estimate of drug-likeness (QED) is 0.162. The minimum atomic E-state index is -0.308. The molecule has 0 saturated heterocycles. The average molecular weight is 996 g/mol. The second-order valence-corrected chi connectivity index (χ2v) is 20.1. The minimum absolute atomic E-state index is 0. The fraction of sp³-hybridized carbons (Fsp3) is 0.263. The van der Waals surface area contributed by atoms with Gasteiger partial charge in [-0.2, -0.15) is 0 Å². The Morgan fingerprint density at radius 3 is 1.74 bits per heavy atom. The van der Waals surface area contributed by atoms with E-state index in [0.29, 0.717) is 11.4 Å². The maximum Gasteiger partial charge on any atom is 0.148 e. The van der Waals surface area contributed by atoms with Gasteiger partial charge in [-0.25, -0.2) is 4.98 Å². The third-order valence-corrected chi connectivity index (χ3v) is 12.2. The topological polar surface area (TPSA) is 50.9 Å². The van der Waals surface area contributed by atoms with E-state index >= 15 is 0 Å². The van der Waals surface area contributed by atoms with Crippen molar-refractivity contribution in [2.24, 2.45) is 0 Å². The van der Waals surface area contributed by atoms with Gasteiger partial charge in [0, 0.05) is 49.6 Å². The van der Waals surface area contributed by atoms with E-state index in [1.165, 1.54) is 16.7 Å². The Hall–Kier alpha value is -5.57. The molecule has 2 heterocycles. The molecule has 0 radical (unpaired) electrons. The molecule has 2 aromatic heterocycles. The standard InChI is InChI=1S/C57H58N3O.Pt/c1-54(2,3)43-32-39(31-40(33-43)49-34-38(29-30-58-49)37-19-14-12-15-20-37)46-23-18-24-50-51(46)59-53(47-35-44(55(4,5)6)36-48(52(47)61)56(7,8)9)60(50)45-27-25-42(26-28-45)57(10,11)41-21-16-13-17-22-41;/h12-30,32-36,61H,1-11H3;/q-1;. The number of phenols is 1. The Kier molecular flexibility index (Phi) is 11.9. The van der Waals surface area contributed by atoms with E-state index in [9.17, 15) is 5.11 Å². The Morgan fingerprint density at radius 1 is 0.516 bits per heavy atom. The zero-order valence-corrected chi connectivity index (χ0v) is 40.2. The van der Waals surface area contributed by atoms with Crippen LogP contribution >= 0.6 is 0 Å². The first-order valence-electron chi connectivity index (χ1n) is 21.5. The van der Waals surface area contributed by atoms with Crippen molar-refractivity contribution in [3.63, 3.8) is 0 Å². The van der Waals surface area contributed by atoms with E-state index in [4.69, 9.17) is 9.97 Å². The van der Waals surface area contributed by atoms with E-state index in [-0.39, 0.29) is 48.5 Å². The van der Waals surface area contributed by atoms with Gasteiger partial charge in [-0.05, 0) is 74.4 Å². The van der Waals surface area contributed by atoms with Crippen LogP contribution in [0.15, 0.2) is 146 Å². The molecule has 0 amide bonds. The summed E-state index contributed by atoms with van der Waals surface area (Å²) in [6, 6.07) is 53.2. The van der Waals surface area contributed by atoms with Gasteiger partial charge in [-0.15, -0.1) is 29.3 Å². The van der Waals surface area contributed by atoms with Crippen LogP contribution in [0.4, 0.5) is 0 Å². The average Bonchev–Trinajstić information content (AvgIpc) is 3.63. The predicted octanol–water partition coefficient (Wildman–Crippen LogP) is 14.8. The Bertz CT molecular complexity index is 2870. The summed E-state index contributed by atoms with van der Waals surface area (Å²) in [6.07, 6.45) is 1.89. The molecule has 0 aliphatic heterocycles. The first-order chi connectivity index (χ1) is 28.8. The van der Waals surface area contributed by atoms with Crippen molar-refractivity contribution in [3.8, 4) is 56.3 Å². The van der Waals surface area contributed by atoms with Gasteiger partial charge in [-0.3, -0.25) is 9.55 Å². The molecular weight excluding hydrogens is 938 g/mol. The van der Waals surface area contributed by atoms with Crippen LogP contribution < -0.4 is 0 Å². The summed E-state index contributed by atoms with van der Waals surface area (Å²) in [5.41, 5.74) is 14.3. The zero-order chi connectivity index (χ0) is 43.5. The maximum atomic E-state index is 12.4. The Labute approximate surface area is 383 Å². The molecule has 0 spiro atoms. The maximum absolute atomic E-state index is 12.4. The van der Waals surface area contributed by atoms with Gasteiger partial charge in [-0.1, -0.05) is 184 Å². The van der Waals surface area contributed by atoms with Crippen LogP contribution in [-0.2, 0) is 42.7 Å². The number of aromatic hydroxyl groups is 1. The third kappa shape index (κ3) is 8.60. The molecule has 8 aromatic rings. The Balaban J connectivity index is 0.00000578. The van der Waals surface area contributed by atoms with Crippen molar-refractivity contribution in [3.05, 3.63) is 180 Å². The van der Waals surface area contributed by atoms with Gasteiger partial charge in [0.2, 0.25) is 0 Å². The molecule has 0 unspecified atom stereocenters. The molecule has 0 saturated carbocycles. The molecule has 5 heteroatoms. The first-order valence-corrected chi connectivity index (χ1v) is 21.5. The summed E-state index contributed by atoms with van der Waals surface area (Å²) in [5, 5.41) is 12.4. The van der Waals surface area contributed by atoms with Crippen molar-refractivity contribution in [2.45, 2.75) is 97.8 Å². The van der Waals surface area contributed by atoms with E-state index in [2.05, 4.69) is 220 Å². The number of pyridine rings is 1. The zero-order valence-electron chi connectivity index (χ0n) is 38.0. The second kappa shape index (κ2) is 16.6. The number of rotatable bonds is 7. The summed E-state index contributed by atoms with van der Waals surface area (Å²) in [4.78, 5) is 10.5. The second-order valence-electron chi connectivity index (χ2n) is 20.1. The number of hydrogen-bond acceptors (Lipinski definition) is 3. The molecule has 0 aliphatic rings. The summed E-state index contributed by atoms with van der Waals surface area (Å²) < 4.78 is 2.23. The number of nitrogens with zero attached hydrogens (tertiary/aromatic N) is 3. The van der Waals surface area contributed by atoms with Gasteiger partial charge in [0.15, 0.2) is 0 Å². The summed E-state index contributed by atoms with van der Waals surface area (Å²) in [7, 11) is 0. The molecule has 8 rings (SSSR count). The van der Waals surface area contributed by atoms with Crippen molar-refractivity contribution >= 4 is 11.0 Å². The summed E-state index contributed by atoms with van der Waals surface area (Å²) in [5.74, 6) is 0.949. The first kappa shape index (κ1) is 44.5. The third-order valence-electron chi connectivity index (χ3n) is 12.2. The molecule has 6 aromatic carbocycles. The molecule has 1 N–H and O–H groups in total. The van der Waals surface area contributed by atoms with Gasteiger partial charge < -0.3 is 5.11 Å². The number of aromatic nitrogens is 3. The summed E-state index contributed by atoms with van der Waals surface area (Å²) >= 11 is 0. The molecule has 0 bridgehead atoms. The fourth-order valence-electron chi connectivity index (χ4n) is 8.29. The van der Waals surface area contributed by atoms with Gasteiger partial charge in [0.05, 0.1) is 16.6 Å². The molecule has 318 valence electrons. The van der Waals surface area contributed by atoms with E-state index in [0.717, 1.165) is 61.4 Å². The monoisotopic (exact) mass is 995 g/mol. The molecular formula is C57H58N3OPt-. The molecule has 0 aliphatic carbocycles. The van der Waals surface area contributed by atoms with Crippen LogP contribution in [0.3, 0.4) is 0 Å². The van der Waals surface area contributed by atoms with Crippen molar-refractivity contribution < 1.29 is 26.2 Å². The van der Waals surface area contributed by atoms with Crippen LogP contribution in [0.5, 0.6) is 5.75 Å². The van der Waals surface area contributed by atoms with Crippen LogP contribution in [0.2, 0.25) is 0 Å². The van der Waals surface area contributed by atoms with Gasteiger partial charge in [0.1, 0.15) is 11.6 Å². The normalized spacial score (nSPS) is 12.4. The molecule has 0 fully saturated rings. The smallest absolute Gasteiger partial charge is 0.148 e. The number of phenolic OH excluding ortho intramolecular Hbond substituents is 1. The SMILES string of the molecule is CC(C)(C)c1cc(-c2cc(-c3ccccc3)ccn2)[c-]c(-c2cccc3c2nc(-c2cc(C(C)(C)C)cc(C(C)(C)C)c2O)n3-c2ccc(C(C)(C)c3ccccc3)cc2)c1.[Pt]. The van der Waals surface area contributed by atoms with E-state index in [1.807, 2.05) is 12.3 Å². The number of hydrogen-bond donors (Lipinski definition) is 1. The number of para-hydroxylation sites is 1. The van der Waals surface area contributed by atoms with Crippen molar-refractivity contribution in [1.82, 2.24) is 14.5 Å².